The van der Waals surface area contributed by atoms with Gasteiger partial charge in [0.2, 0.25) is 5.91 Å². The normalized spacial score (nSPS) is 10.2. The number of nitrogens with zero attached hydrogens (tertiary/aromatic N) is 1. The average Bonchev–Trinajstić information content (AvgIpc) is 2.63. The standard InChI is InChI=1S/C13H14N2O2/c1-9-4-3-5-11(6-9)14-13(16)8-12-7-10(2)17-15-12/h3-7H,8H2,1-2H3,(H,14,16). The summed E-state index contributed by atoms with van der Waals surface area (Å²) in [6, 6.07) is 9.43. The highest BCUT2D eigenvalue weighted by molar-refractivity contribution is 5.92. The third kappa shape index (κ3) is 3.17. The molecule has 0 bridgehead atoms. The van der Waals surface area contributed by atoms with Crippen molar-refractivity contribution in [1.82, 2.24) is 5.16 Å². The van der Waals surface area contributed by atoms with Crippen molar-refractivity contribution in [2.24, 2.45) is 0 Å². The molecule has 4 nitrogen and oxygen atoms in total. The first-order valence-electron chi connectivity index (χ1n) is 5.42. The zero-order chi connectivity index (χ0) is 12.3. The highest BCUT2D eigenvalue weighted by Gasteiger charge is 2.07. The lowest BCUT2D eigenvalue weighted by atomic mass is 10.2. The molecule has 2 rings (SSSR count). The summed E-state index contributed by atoms with van der Waals surface area (Å²) in [5, 5.41) is 6.60. The lowest BCUT2D eigenvalue weighted by Crippen LogP contribution is -2.14. The average molecular weight is 230 g/mol. The Kier molecular flexibility index (Phi) is 3.23. The number of aryl methyl sites for hydroxylation is 2. The Labute approximate surface area is 99.6 Å². The molecule has 2 aromatic rings. The molecule has 1 amide bonds. The van der Waals surface area contributed by atoms with E-state index in [2.05, 4.69) is 10.5 Å². The van der Waals surface area contributed by atoms with E-state index in [0.29, 0.717) is 11.5 Å². The van der Waals surface area contributed by atoms with Crippen LogP contribution in [0.3, 0.4) is 0 Å². The van der Waals surface area contributed by atoms with Gasteiger partial charge in [0.1, 0.15) is 5.76 Å². The highest BCUT2D eigenvalue weighted by atomic mass is 16.5. The van der Waals surface area contributed by atoms with Crippen LogP contribution in [0.15, 0.2) is 34.9 Å². The van der Waals surface area contributed by atoms with E-state index < -0.39 is 0 Å². The maximum atomic E-state index is 11.7. The van der Waals surface area contributed by atoms with Gasteiger partial charge in [0, 0.05) is 11.8 Å². The lowest BCUT2D eigenvalue weighted by molar-refractivity contribution is -0.115. The molecule has 4 heteroatoms. The van der Waals surface area contributed by atoms with Gasteiger partial charge in [0.05, 0.1) is 12.1 Å². The minimum absolute atomic E-state index is 0.0936. The van der Waals surface area contributed by atoms with Gasteiger partial charge in [0.15, 0.2) is 0 Å². The van der Waals surface area contributed by atoms with E-state index in [0.717, 1.165) is 11.3 Å². The number of hydrogen-bond donors (Lipinski definition) is 1. The summed E-state index contributed by atoms with van der Waals surface area (Å²) in [7, 11) is 0. The van der Waals surface area contributed by atoms with Crippen LogP contribution in [0.25, 0.3) is 0 Å². The fourth-order valence-electron chi connectivity index (χ4n) is 1.59. The topological polar surface area (TPSA) is 55.1 Å². The summed E-state index contributed by atoms with van der Waals surface area (Å²) >= 11 is 0. The summed E-state index contributed by atoms with van der Waals surface area (Å²) in [6.07, 6.45) is 0.227. The Hall–Kier alpha value is -2.10. The summed E-state index contributed by atoms with van der Waals surface area (Å²) < 4.78 is 4.90. The minimum atomic E-state index is -0.0936. The van der Waals surface area contributed by atoms with Gasteiger partial charge in [-0.2, -0.15) is 0 Å². The van der Waals surface area contributed by atoms with Gasteiger partial charge in [-0.05, 0) is 31.5 Å². The minimum Gasteiger partial charge on any atom is -0.361 e. The Morgan fingerprint density at radius 2 is 2.18 bits per heavy atom. The van der Waals surface area contributed by atoms with Crippen molar-refractivity contribution in [1.29, 1.82) is 0 Å². The SMILES string of the molecule is Cc1cccc(NC(=O)Cc2cc(C)on2)c1. The smallest absolute Gasteiger partial charge is 0.230 e. The molecule has 88 valence electrons. The Morgan fingerprint density at radius 3 is 2.82 bits per heavy atom. The fraction of sp³-hybridized carbons (Fsp3) is 0.231. The molecule has 17 heavy (non-hydrogen) atoms. The molecule has 0 aliphatic heterocycles. The molecule has 1 aromatic heterocycles. The molecule has 0 aliphatic carbocycles. The van der Waals surface area contributed by atoms with Gasteiger partial charge in [-0.3, -0.25) is 4.79 Å². The van der Waals surface area contributed by atoms with Gasteiger partial charge >= 0.3 is 0 Å². The van der Waals surface area contributed by atoms with E-state index in [1.54, 1.807) is 13.0 Å². The maximum absolute atomic E-state index is 11.7. The predicted molar refractivity (Wildman–Crippen MR) is 64.8 cm³/mol. The number of nitrogens with one attached hydrogen (secondary N) is 1. The fourth-order valence-corrected chi connectivity index (χ4v) is 1.59. The number of anilines is 1. The number of benzene rings is 1. The number of aromatic nitrogens is 1. The van der Waals surface area contributed by atoms with Crippen LogP contribution in [0.5, 0.6) is 0 Å². The third-order valence-corrected chi connectivity index (χ3v) is 2.32. The summed E-state index contributed by atoms with van der Waals surface area (Å²) in [4.78, 5) is 11.7. The Morgan fingerprint density at radius 1 is 1.35 bits per heavy atom. The van der Waals surface area contributed by atoms with E-state index in [-0.39, 0.29) is 12.3 Å². The first-order chi connectivity index (χ1) is 8.13. The van der Waals surface area contributed by atoms with Crippen molar-refractivity contribution < 1.29 is 9.32 Å². The van der Waals surface area contributed by atoms with Crippen LogP contribution in [0.2, 0.25) is 0 Å². The monoisotopic (exact) mass is 230 g/mol. The van der Waals surface area contributed by atoms with E-state index in [9.17, 15) is 4.79 Å². The Balaban J connectivity index is 1.98. The van der Waals surface area contributed by atoms with Gasteiger partial charge < -0.3 is 9.84 Å². The summed E-state index contributed by atoms with van der Waals surface area (Å²) in [6.45, 7) is 3.78. The zero-order valence-corrected chi connectivity index (χ0v) is 9.86. The first-order valence-corrected chi connectivity index (χ1v) is 5.42. The number of hydrogen-bond acceptors (Lipinski definition) is 3. The van der Waals surface area contributed by atoms with Gasteiger partial charge in [-0.1, -0.05) is 17.3 Å². The molecule has 0 saturated heterocycles. The van der Waals surface area contributed by atoms with Crippen molar-refractivity contribution in [3.8, 4) is 0 Å². The van der Waals surface area contributed by atoms with Gasteiger partial charge in [-0.15, -0.1) is 0 Å². The lowest BCUT2D eigenvalue weighted by Gasteiger charge is -2.04. The predicted octanol–water partition coefficient (Wildman–Crippen LogP) is 2.47. The van der Waals surface area contributed by atoms with Crippen molar-refractivity contribution in [3.05, 3.63) is 47.3 Å². The summed E-state index contributed by atoms with van der Waals surface area (Å²) in [5.74, 6) is 0.618. The van der Waals surface area contributed by atoms with Crippen LogP contribution in [0, 0.1) is 13.8 Å². The zero-order valence-electron chi connectivity index (χ0n) is 9.86. The first kappa shape index (κ1) is 11.4. The molecule has 1 aromatic carbocycles. The largest absolute Gasteiger partial charge is 0.361 e. The van der Waals surface area contributed by atoms with Crippen LogP contribution in [0.1, 0.15) is 17.0 Å². The number of carbonyl (C=O) groups is 1. The molecule has 0 aliphatic rings. The van der Waals surface area contributed by atoms with Crippen LogP contribution in [-0.4, -0.2) is 11.1 Å². The van der Waals surface area contributed by atoms with Crippen molar-refractivity contribution >= 4 is 11.6 Å². The van der Waals surface area contributed by atoms with E-state index in [1.165, 1.54) is 0 Å². The molecule has 0 unspecified atom stereocenters. The molecular weight excluding hydrogens is 216 g/mol. The van der Waals surface area contributed by atoms with Gasteiger partial charge in [-0.25, -0.2) is 0 Å². The van der Waals surface area contributed by atoms with E-state index in [4.69, 9.17) is 4.52 Å². The molecule has 0 atom stereocenters. The summed E-state index contributed by atoms with van der Waals surface area (Å²) in [5.41, 5.74) is 2.56. The number of rotatable bonds is 3. The third-order valence-electron chi connectivity index (χ3n) is 2.32. The molecular formula is C13H14N2O2. The van der Waals surface area contributed by atoms with Crippen molar-refractivity contribution in [3.63, 3.8) is 0 Å². The quantitative estimate of drug-likeness (QED) is 0.881. The van der Waals surface area contributed by atoms with Crippen LogP contribution < -0.4 is 5.32 Å². The second kappa shape index (κ2) is 4.82. The highest BCUT2D eigenvalue weighted by Crippen LogP contribution is 2.10. The van der Waals surface area contributed by atoms with Crippen molar-refractivity contribution in [2.45, 2.75) is 20.3 Å². The molecule has 0 radical (unpaired) electrons. The second-order valence-electron chi connectivity index (χ2n) is 4.02. The molecule has 1 heterocycles. The molecule has 0 fully saturated rings. The molecule has 1 N–H and O–H groups in total. The number of carbonyl (C=O) groups excluding carboxylic acids is 1. The molecule has 0 saturated carbocycles. The van der Waals surface area contributed by atoms with E-state index in [1.807, 2.05) is 31.2 Å². The van der Waals surface area contributed by atoms with Crippen molar-refractivity contribution in [2.75, 3.05) is 5.32 Å². The van der Waals surface area contributed by atoms with E-state index >= 15 is 0 Å². The maximum Gasteiger partial charge on any atom is 0.230 e. The Bertz CT molecular complexity index is 532. The van der Waals surface area contributed by atoms with Gasteiger partial charge in [0.25, 0.3) is 0 Å². The number of amides is 1. The van der Waals surface area contributed by atoms with Crippen LogP contribution in [-0.2, 0) is 11.2 Å². The van der Waals surface area contributed by atoms with Crippen LogP contribution in [0.4, 0.5) is 5.69 Å². The second-order valence-corrected chi connectivity index (χ2v) is 4.02. The molecule has 0 spiro atoms. The van der Waals surface area contributed by atoms with Crippen LogP contribution >= 0.6 is 0 Å².